The van der Waals surface area contributed by atoms with Crippen LogP contribution in [0.15, 0.2) is 11.1 Å². The summed E-state index contributed by atoms with van der Waals surface area (Å²) in [6, 6.07) is 0. The Kier molecular flexibility index (Phi) is 11.5. The Morgan fingerprint density at radius 2 is 1.41 bits per heavy atom. The number of ether oxygens (including phenoxy) is 2. The minimum absolute atomic E-state index is 0.307. The Hall–Kier alpha value is -1.32. The van der Waals surface area contributed by atoms with Crippen molar-refractivity contribution >= 4 is 11.9 Å². The van der Waals surface area contributed by atoms with Gasteiger partial charge in [0.25, 0.3) is 0 Å². The normalized spacial score (nSPS) is 11.7. The standard InChI is InChI=1S/C18H32O4/c1-6-9-12-21-17(19)15(11-8-3)16(14(4)5)18(20)22-13-10-7-2/h15H,6-13H2,1-5H3. The lowest BCUT2D eigenvalue weighted by molar-refractivity contribution is -0.151. The fourth-order valence-electron chi connectivity index (χ4n) is 2.17. The molecule has 0 rings (SSSR count). The summed E-state index contributed by atoms with van der Waals surface area (Å²) in [7, 11) is 0. The van der Waals surface area contributed by atoms with Crippen LogP contribution in [0.3, 0.4) is 0 Å². The fourth-order valence-corrected chi connectivity index (χ4v) is 2.17. The van der Waals surface area contributed by atoms with E-state index in [1.807, 2.05) is 34.6 Å². The molecule has 0 aliphatic heterocycles. The van der Waals surface area contributed by atoms with Gasteiger partial charge in [-0.3, -0.25) is 4.79 Å². The Morgan fingerprint density at radius 1 is 0.864 bits per heavy atom. The molecular weight excluding hydrogens is 280 g/mol. The molecule has 0 aromatic heterocycles. The molecule has 22 heavy (non-hydrogen) atoms. The third-order valence-corrected chi connectivity index (χ3v) is 3.44. The highest BCUT2D eigenvalue weighted by Gasteiger charge is 2.30. The first kappa shape index (κ1) is 20.7. The zero-order valence-corrected chi connectivity index (χ0v) is 14.9. The van der Waals surface area contributed by atoms with Gasteiger partial charge in [0.15, 0.2) is 0 Å². The molecule has 0 bridgehead atoms. The van der Waals surface area contributed by atoms with E-state index in [1.54, 1.807) is 0 Å². The van der Waals surface area contributed by atoms with Crippen LogP contribution in [-0.2, 0) is 19.1 Å². The topological polar surface area (TPSA) is 52.6 Å². The molecule has 1 unspecified atom stereocenters. The van der Waals surface area contributed by atoms with Gasteiger partial charge < -0.3 is 9.47 Å². The lowest BCUT2D eigenvalue weighted by Crippen LogP contribution is -2.26. The first-order chi connectivity index (χ1) is 10.5. The summed E-state index contributed by atoms with van der Waals surface area (Å²) in [5.41, 5.74) is 1.30. The van der Waals surface area contributed by atoms with Gasteiger partial charge in [0.05, 0.1) is 24.7 Å². The second-order valence-electron chi connectivity index (χ2n) is 5.77. The van der Waals surface area contributed by atoms with E-state index in [-0.39, 0.29) is 11.9 Å². The third-order valence-electron chi connectivity index (χ3n) is 3.44. The maximum absolute atomic E-state index is 12.3. The van der Waals surface area contributed by atoms with Crippen molar-refractivity contribution in [3.8, 4) is 0 Å². The highest BCUT2D eigenvalue weighted by atomic mass is 16.5. The Morgan fingerprint density at radius 3 is 1.86 bits per heavy atom. The van der Waals surface area contributed by atoms with E-state index >= 15 is 0 Å². The predicted octanol–water partition coefficient (Wildman–Crippen LogP) is 4.43. The van der Waals surface area contributed by atoms with E-state index in [0.29, 0.717) is 25.2 Å². The number of carbonyl (C=O) groups excluding carboxylic acids is 2. The van der Waals surface area contributed by atoms with E-state index < -0.39 is 5.92 Å². The number of hydrogen-bond acceptors (Lipinski definition) is 4. The van der Waals surface area contributed by atoms with Crippen LogP contribution in [0.25, 0.3) is 0 Å². The molecule has 0 saturated carbocycles. The first-order valence-electron chi connectivity index (χ1n) is 8.50. The van der Waals surface area contributed by atoms with E-state index in [0.717, 1.165) is 37.7 Å². The van der Waals surface area contributed by atoms with Crippen LogP contribution in [0, 0.1) is 5.92 Å². The molecule has 0 aromatic rings. The average Bonchev–Trinajstić information content (AvgIpc) is 2.46. The summed E-state index contributed by atoms with van der Waals surface area (Å²) in [4.78, 5) is 24.6. The zero-order chi connectivity index (χ0) is 17.0. The lowest BCUT2D eigenvalue weighted by atomic mass is 9.91. The highest BCUT2D eigenvalue weighted by molar-refractivity contribution is 5.96. The van der Waals surface area contributed by atoms with Crippen LogP contribution >= 0.6 is 0 Å². The predicted molar refractivity (Wildman–Crippen MR) is 88.5 cm³/mol. The van der Waals surface area contributed by atoms with Crippen molar-refractivity contribution in [3.05, 3.63) is 11.1 Å². The van der Waals surface area contributed by atoms with Crippen molar-refractivity contribution < 1.29 is 19.1 Å². The van der Waals surface area contributed by atoms with Gasteiger partial charge in [-0.05, 0) is 33.1 Å². The summed E-state index contributed by atoms with van der Waals surface area (Å²) in [5, 5.41) is 0. The smallest absolute Gasteiger partial charge is 0.334 e. The van der Waals surface area contributed by atoms with E-state index in [9.17, 15) is 9.59 Å². The number of rotatable bonds is 11. The molecule has 0 amide bonds. The molecule has 4 nitrogen and oxygen atoms in total. The molecule has 0 aliphatic carbocycles. The average molecular weight is 312 g/mol. The van der Waals surface area contributed by atoms with Gasteiger partial charge in [0.1, 0.15) is 0 Å². The SMILES string of the molecule is CCCCOC(=O)C(=C(C)C)C(CCC)C(=O)OCCCC. The molecule has 1 atom stereocenters. The fraction of sp³-hybridized carbons (Fsp3) is 0.778. The quantitative estimate of drug-likeness (QED) is 0.322. The summed E-state index contributed by atoms with van der Waals surface area (Å²) in [5.74, 6) is -1.20. The van der Waals surface area contributed by atoms with Crippen molar-refractivity contribution in [1.82, 2.24) is 0 Å². The summed E-state index contributed by atoms with van der Waals surface area (Å²) < 4.78 is 10.6. The minimum atomic E-state index is -0.513. The van der Waals surface area contributed by atoms with E-state index in [2.05, 4.69) is 0 Å². The molecule has 0 aromatic carbocycles. The monoisotopic (exact) mass is 312 g/mol. The van der Waals surface area contributed by atoms with Gasteiger partial charge in [0.2, 0.25) is 0 Å². The van der Waals surface area contributed by atoms with Gasteiger partial charge in [-0.1, -0.05) is 45.6 Å². The molecule has 128 valence electrons. The zero-order valence-electron chi connectivity index (χ0n) is 14.9. The molecule has 0 N–H and O–H groups in total. The Labute approximate surface area is 135 Å². The van der Waals surface area contributed by atoms with Crippen LogP contribution in [0.1, 0.15) is 73.1 Å². The summed E-state index contributed by atoms with van der Waals surface area (Å²) in [6.45, 7) is 10.6. The number of hydrogen-bond donors (Lipinski definition) is 0. The summed E-state index contributed by atoms with van der Waals surface area (Å²) >= 11 is 0. The number of unbranched alkanes of at least 4 members (excludes halogenated alkanes) is 2. The van der Waals surface area contributed by atoms with Gasteiger partial charge in [-0.2, -0.15) is 0 Å². The van der Waals surface area contributed by atoms with Gasteiger partial charge in [-0.25, -0.2) is 4.79 Å². The van der Waals surface area contributed by atoms with Gasteiger partial charge >= 0.3 is 11.9 Å². The van der Waals surface area contributed by atoms with Gasteiger partial charge in [0, 0.05) is 0 Å². The minimum Gasteiger partial charge on any atom is -0.465 e. The van der Waals surface area contributed by atoms with Crippen LogP contribution in [0.2, 0.25) is 0 Å². The Balaban J connectivity index is 4.99. The largest absolute Gasteiger partial charge is 0.465 e. The van der Waals surface area contributed by atoms with Crippen molar-refractivity contribution in [2.75, 3.05) is 13.2 Å². The number of esters is 2. The maximum Gasteiger partial charge on any atom is 0.334 e. The number of allylic oxidation sites excluding steroid dienone is 1. The van der Waals surface area contributed by atoms with Crippen molar-refractivity contribution in [1.29, 1.82) is 0 Å². The van der Waals surface area contributed by atoms with Gasteiger partial charge in [-0.15, -0.1) is 0 Å². The van der Waals surface area contributed by atoms with Crippen LogP contribution in [0.4, 0.5) is 0 Å². The summed E-state index contributed by atoms with van der Waals surface area (Å²) in [6.07, 6.45) is 5.03. The molecule has 0 heterocycles. The lowest BCUT2D eigenvalue weighted by Gasteiger charge is -2.19. The second kappa shape index (κ2) is 12.2. The molecule has 0 fully saturated rings. The van der Waals surface area contributed by atoms with Crippen molar-refractivity contribution in [3.63, 3.8) is 0 Å². The number of carbonyl (C=O) groups is 2. The van der Waals surface area contributed by atoms with E-state index in [1.165, 1.54) is 0 Å². The molecule has 0 saturated heterocycles. The molecule has 0 spiro atoms. The Bertz CT molecular complexity index is 367. The second-order valence-corrected chi connectivity index (χ2v) is 5.77. The van der Waals surface area contributed by atoms with Crippen LogP contribution in [-0.4, -0.2) is 25.2 Å². The van der Waals surface area contributed by atoms with Crippen LogP contribution in [0.5, 0.6) is 0 Å². The maximum atomic E-state index is 12.3. The molecule has 4 heteroatoms. The van der Waals surface area contributed by atoms with Crippen molar-refractivity contribution in [2.45, 2.75) is 73.1 Å². The molecular formula is C18H32O4. The third kappa shape index (κ3) is 7.62. The molecule has 0 radical (unpaired) electrons. The van der Waals surface area contributed by atoms with E-state index in [4.69, 9.17) is 9.47 Å². The van der Waals surface area contributed by atoms with Crippen molar-refractivity contribution in [2.24, 2.45) is 5.92 Å². The highest BCUT2D eigenvalue weighted by Crippen LogP contribution is 2.24. The van der Waals surface area contributed by atoms with Crippen LogP contribution < -0.4 is 0 Å². The first-order valence-corrected chi connectivity index (χ1v) is 8.50. The molecule has 0 aliphatic rings.